The van der Waals surface area contributed by atoms with E-state index in [9.17, 15) is 0 Å². The van der Waals surface area contributed by atoms with Crippen molar-refractivity contribution in [2.45, 2.75) is 6.92 Å². The molecule has 2 aromatic heterocycles. The van der Waals surface area contributed by atoms with Gasteiger partial charge in [-0.25, -0.2) is 0 Å². The molecule has 4 rings (SSSR count). The molecular weight excluding hydrogens is 324 g/mol. The highest BCUT2D eigenvalue weighted by Gasteiger charge is 2.08. The summed E-state index contributed by atoms with van der Waals surface area (Å²) in [5.41, 5.74) is 6.48. The molecular formula is C20H20N6. The lowest BCUT2D eigenvalue weighted by atomic mass is 9.99. The molecule has 2 heterocycles. The van der Waals surface area contributed by atoms with Gasteiger partial charge in [0.25, 0.3) is 0 Å². The molecule has 26 heavy (non-hydrogen) atoms. The van der Waals surface area contributed by atoms with Gasteiger partial charge in [-0.3, -0.25) is 5.10 Å². The fourth-order valence-corrected chi connectivity index (χ4v) is 3.01. The van der Waals surface area contributed by atoms with Gasteiger partial charge in [0.2, 0.25) is 0 Å². The van der Waals surface area contributed by atoms with Gasteiger partial charge in [-0.2, -0.15) is 10.2 Å². The maximum atomic E-state index is 4.28. The van der Waals surface area contributed by atoms with Crippen molar-refractivity contribution in [1.82, 2.24) is 20.4 Å². The van der Waals surface area contributed by atoms with Crippen LogP contribution in [0.25, 0.3) is 22.2 Å². The summed E-state index contributed by atoms with van der Waals surface area (Å²) in [6, 6.07) is 16.8. The van der Waals surface area contributed by atoms with Gasteiger partial charge in [-0.15, -0.1) is 5.10 Å². The molecule has 2 N–H and O–H groups in total. The predicted octanol–water partition coefficient (Wildman–Crippen LogP) is 4.14. The third-order valence-electron chi connectivity index (χ3n) is 4.43. The van der Waals surface area contributed by atoms with E-state index >= 15 is 0 Å². The third-order valence-corrected chi connectivity index (χ3v) is 4.43. The SMILES string of the molecule is Cc1cc(Nc2n[nH]c3nnccc23)ccc1-c1ccc(N(C)C)cc1. The molecule has 0 saturated heterocycles. The lowest BCUT2D eigenvalue weighted by Crippen LogP contribution is -2.07. The van der Waals surface area contributed by atoms with Gasteiger partial charge >= 0.3 is 0 Å². The lowest BCUT2D eigenvalue weighted by Gasteiger charge is -2.14. The Balaban J connectivity index is 1.61. The molecule has 4 aromatic rings. The van der Waals surface area contributed by atoms with E-state index in [2.05, 4.69) is 80.0 Å². The highest BCUT2D eigenvalue weighted by atomic mass is 15.2. The van der Waals surface area contributed by atoms with E-state index in [0.717, 1.165) is 16.9 Å². The first-order valence-corrected chi connectivity index (χ1v) is 8.43. The summed E-state index contributed by atoms with van der Waals surface area (Å²) in [6.45, 7) is 2.12. The first-order valence-electron chi connectivity index (χ1n) is 8.43. The number of nitrogens with zero attached hydrogens (tertiary/aromatic N) is 4. The lowest BCUT2D eigenvalue weighted by molar-refractivity contribution is 1.02. The molecule has 130 valence electrons. The summed E-state index contributed by atoms with van der Waals surface area (Å²) in [5, 5.41) is 19.3. The topological polar surface area (TPSA) is 69.7 Å². The summed E-state index contributed by atoms with van der Waals surface area (Å²) < 4.78 is 0. The Morgan fingerprint density at radius 1 is 1.00 bits per heavy atom. The molecule has 0 radical (unpaired) electrons. The van der Waals surface area contributed by atoms with Gasteiger partial charge in [0.05, 0.1) is 11.6 Å². The van der Waals surface area contributed by atoms with Gasteiger partial charge < -0.3 is 10.2 Å². The summed E-state index contributed by atoms with van der Waals surface area (Å²) >= 11 is 0. The minimum atomic E-state index is 0.671. The number of benzene rings is 2. The second-order valence-corrected chi connectivity index (χ2v) is 6.46. The monoisotopic (exact) mass is 344 g/mol. The second kappa shape index (κ2) is 6.48. The molecule has 0 spiro atoms. The zero-order chi connectivity index (χ0) is 18.1. The standard InChI is InChI=1S/C20H20N6/c1-13-12-15(22-19-18-10-11-21-23-20(18)25-24-19)6-9-17(13)14-4-7-16(8-5-14)26(2)3/h4-12H,1-3H3,(H2,22,23,24,25). The van der Waals surface area contributed by atoms with Crippen molar-refractivity contribution in [1.29, 1.82) is 0 Å². The van der Waals surface area contributed by atoms with Gasteiger partial charge in [0.15, 0.2) is 11.5 Å². The van der Waals surface area contributed by atoms with Gasteiger partial charge in [0, 0.05) is 25.5 Å². The highest BCUT2D eigenvalue weighted by Crippen LogP contribution is 2.29. The van der Waals surface area contributed by atoms with Crippen LogP contribution in [0.5, 0.6) is 0 Å². The maximum Gasteiger partial charge on any atom is 0.180 e. The summed E-state index contributed by atoms with van der Waals surface area (Å²) in [4.78, 5) is 2.10. The van der Waals surface area contributed by atoms with Crippen LogP contribution >= 0.6 is 0 Å². The molecule has 0 bridgehead atoms. The van der Waals surface area contributed by atoms with E-state index in [0.29, 0.717) is 5.65 Å². The Hall–Kier alpha value is -3.41. The van der Waals surface area contributed by atoms with E-state index in [1.807, 2.05) is 20.2 Å². The van der Waals surface area contributed by atoms with Gasteiger partial charge in [0.1, 0.15) is 0 Å². The molecule has 0 unspecified atom stereocenters. The van der Waals surface area contributed by atoms with E-state index in [1.54, 1.807) is 6.20 Å². The maximum absolute atomic E-state index is 4.28. The number of anilines is 3. The van der Waals surface area contributed by atoms with Crippen LogP contribution in [-0.4, -0.2) is 34.5 Å². The number of nitrogens with one attached hydrogen (secondary N) is 2. The smallest absolute Gasteiger partial charge is 0.180 e. The van der Waals surface area contributed by atoms with E-state index in [-0.39, 0.29) is 0 Å². The Bertz CT molecular complexity index is 1050. The Labute approximate surface area is 151 Å². The average Bonchev–Trinajstić information content (AvgIpc) is 3.05. The Kier molecular flexibility index (Phi) is 4.01. The van der Waals surface area contributed by atoms with Crippen LogP contribution in [0, 0.1) is 6.92 Å². The number of aromatic nitrogens is 4. The van der Waals surface area contributed by atoms with Gasteiger partial charge in [-0.1, -0.05) is 18.2 Å². The van der Waals surface area contributed by atoms with Gasteiger partial charge in [-0.05, 0) is 53.9 Å². The summed E-state index contributed by atoms with van der Waals surface area (Å²) in [5.74, 6) is 0.748. The molecule has 2 aromatic carbocycles. The van der Waals surface area contributed by atoms with E-state index < -0.39 is 0 Å². The van der Waals surface area contributed by atoms with Crippen LogP contribution in [-0.2, 0) is 0 Å². The first-order chi connectivity index (χ1) is 12.6. The minimum absolute atomic E-state index is 0.671. The third kappa shape index (κ3) is 2.97. The summed E-state index contributed by atoms with van der Waals surface area (Å²) in [7, 11) is 4.09. The number of rotatable bonds is 4. The zero-order valence-corrected chi connectivity index (χ0v) is 15.0. The molecule has 0 saturated carbocycles. The van der Waals surface area contributed by atoms with Crippen molar-refractivity contribution < 1.29 is 0 Å². The van der Waals surface area contributed by atoms with Crippen LogP contribution in [0.4, 0.5) is 17.2 Å². The largest absolute Gasteiger partial charge is 0.378 e. The second-order valence-electron chi connectivity index (χ2n) is 6.46. The molecule has 6 nitrogen and oxygen atoms in total. The van der Waals surface area contributed by atoms with Crippen molar-refractivity contribution >= 4 is 28.2 Å². The van der Waals surface area contributed by atoms with Crippen LogP contribution in [0.2, 0.25) is 0 Å². The van der Waals surface area contributed by atoms with Crippen molar-refractivity contribution in [2.75, 3.05) is 24.3 Å². The molecule has 0 fully saturated rings. The molecule has 0 aliphatic rings. The predicted molar refractivity (Wildman–Crippen MR) is 106 cm³/mol. The van der Waals surface area contributed by atoms with E-state index in [4.69, 9.17) is 0 Å². The minimum Gasteiger partial charge on any atom is -0.378 e. The summed E-state index contributed by atoms with van der Waals surface area (Å²) in [6.07, 6.45) is 1.66. The van der Waals surface area contributed by atoms with Crippen molar-refractivity contribution in [3.05, 3.63) is 60.3 Å². The number of aryl methyl sites for hydroxylation is 1. The molecule has 0 atom stereocenters. The fraction of sp³-hybridized carbons (Fsp3) is 0.150. The Morgan fingerprint density at radius 2 is 1.81 bits per heavy atom. The van der Waals surface area contributed by atoms with Crippen LogP contribution in [0.1, 0.15) is 5.56 Å². The fourth-order valence-electron chi connectivity index (χ4n) is 3.01. The number of hydrogen-bond acceptors (Lipinski definition) is 5. The van der Waals surface area contributed by atoms with Crippen molar-refractivity contribution in [3.63, 3.8) is 0 Å². The van der Waals surface area contributed by atoms with Crippen LogP contribution in [0.3, 0.4) is 0 Å². The molecule has 0 aliphatic carbocycles. The quantitative estimate of drug-likeness (QED) is 0.582. The number of H-pyrrole nitrogens is 1. The highest BCUT2D eigenvalue weighted by molar-refractivity contribution is 5.88. The zero-order valence-electron chi connectivity index (χ0n) is 15.0. The number of hydrogen-bond donors (Lipinski definition) is 2. The van der Waals surface area contributed by atoms with Crippen molar-refractivity contribution in [2.24, 2.45) is 0 Å². The number of aromatic amines is 1. The average molecular weight is 344 g/mol. The Morgan fingerprint density at radius 3 is 2.54 bits per heavy atom. The van der Waals surface area contributed by atoms with Crippen LogP contribution in [0.15, 0.2) is 54.7 Å². The molecule has 0 aliphatic heterocycles. The molecule has 6 heteroatoms. The van der Waals surface area contributed by atoms with E-state index in [1.165, 1.54) is 22.4 Å². The van der Waals surface area contributed by atoms with Crippen LogP contribution < -0.4 is 10.2 Å². The molecule has 0 amide bonds. The van der Waals surface area contributed by atoms with Crippen molar-refractivity contribution in [3.8, 4) is 11.1 Å². The normalized spacial score (nSPS) is 10.9. The first kappa shape index (κ1) is 16.1. The number of fused-ring (bicyclic) bond motifs is 1.